The van der Waals surface area contributed by atoms with E-state index in [-0.39, 0.29) is 15.6 Å². The van der Waals surface area contributed by atoms with E-state index in [1.54, 1.807) is 0 Å². The molecule has 2 aromatic rings. The van der Waals surface area contributed by atoms with E-state index >= 15 is 0 Å². The molecule has 2 rings (SSSR count). The highest BCUT2D eigenvalue weighted by Crippen LogP contribution is 2.36. The van der Waals surface area contributed by atoms with E-state index in [0.29, 0.717) is 4.47 Å². The van der Waals surface area contributed by atoms with Crippen LogP contribution in [-0.4, -0.2) is 5.11 Å². The average molecular weight is 428 g/mol. The summed E-state index contributed by atoms with van der Waals surface area (Å²) in [5.74, 6) is -0.519. The smallest absolute Gasteiger partial charge is 0.384 e. The standard InChI is InChI=1S/C14H8Br2F4O/c15-10-3-2-8(14(18,19)20)6-9(10)13(21)7-1-4-12(17)11(16)5-7/h1-6,13,21H. The van der Waals surface area contributed by atoms with Crippen LogP contribution in [0.2, 0.25) is 0 Å². The van der Waals surface area contributed by atoms with E-state index in [9.17, 15) is 22.7 Å². The lowest BCUT2D eigenvalue weighted by Gasteiger charge is -2.16. The van der Waals surface area contributed by atoms with E-state index in [2.05, 4.69) is 31.9 Å². The maximum absolute atomic E-state index is 13.2. The van der Waals surface area contributed by atoms with Crippen molar-refractivity contribution in [3.8, 4) is 0 Å². The molecule has 0 aromatic heterocycles. The second-order valence-electron chi connectivity index (χ2n) is 4.31. The maximum atomic E-state index is 13.2. The van der Waals surface area contributed by atoms with Crippen LogP contribution in [0.1, 0.15) is 22.8 Å². The monoisotopic (exact) mass is 426 g/mol. The SMILES string of the molecule is OC(c1ccc(F)c(Br)c1)c1cc(C(F)(F)F)ccc1Br. The Morgan fingerprint density at radius 2 is 1.62 bits per heavy atom. The zero-order chi connectivity index (χ0) is 15.8. The molecule has 2 aromatic carbocycles. The largest absolute Gasteiger partial charge is 0.416 e. The molecule has 0 saturated heterocycles. The molecule has 1 N–H and O–H groups in total. The fraction of sp³-hybridized carbons (Fsp3) is 0.143. The zero-order valence-electron chi connectivity index (χ0n) is 10.3. The van der Waals surface area contributed by atoms with E-state index in [1.807, 2.05) is 0 Å². The minimum absolute atomic E-state index is 0.0586. The first-order chi connectivity index (χ1) is 9.70. The molecule has 7 heteroatoms. The Labute approximate surface area is 134 Å². The van der Waals surface area contributed by atoms with Gasteiger partial charge in [0, 0.05) is 4.47 Å². The van der Waals surface area contributed by atoms with Gasteiger partial charge in [0.1, 0.15) is 11.9 Å². The molecule has 0 spiro atoms. The second-order valence-corrected chi connectivity index (χ2v) is 6.02. The number of aliphatic hydroxyl groups is 1. The van der Waals surface area contributed by atoms with Gasteiger partial charge in [0.05, 0.1) is 10.0 Å². The Hall–Kier alpha value is -0.920. The lowest BCUT2D eigenvalue weighted by molar-refractivity contribution is -0.137. The number of hydrogen-bond acceptors (Lipinski definition) is 1. The molecule has 1 unspecified atom stereocenters. The second kappa shape index (κ2) is 6.06. The number of alkyl halides is 3. The molecule has 0 radical (unpaired) electrons. The quantitative estimate of drug-likeness (QED) is 0.631. The Morgan fingerprint density at radius 3 is 2.19 bits per heavy atom. The number of aliphatic hydroxyl groups excluding tert-OH is 1. The van der Waals surface area contributed by atoms with Crippen molar-refractivity contribution in [2.75, 3.05) is 0 Å². The molecule has 0 amide bonds. The van der Waals surface area contributed by atoms with Gasteiger partial charge in [-0.25, -0.2) is 4.39 Å². The zero-order valence-corrected chi connectivity index (χ0v) is 13.4. The molecular formula is C14H8Br2F4O. The van der Waals surface area contributed by atoms with Crippen LogP contribution in [0.4, 0.5) is 17.6 Å². The van der Waals surface area contributed by atoms with Gasteiger partial charge in [0.15, 0.2) is 0 Å². The first-order valence-corrected chi connectivity index (χ1v) is 7.28. The summed E-state index contributed by atoms with van der Waals surface area (Å²) in [6.45, 7) is 0. The van der Waals surface area contributed by atoms with Crippen LogP contribution in [-0.2, 0) is 6.18 Å². The summed E-state index contributed by atoms with van der Waals surface area (Å²) in [6.07, 6.45) is -5.81. The average Bonchev–Trinajstić information content (AvgIpc) is 2.40. The van der Waals surface area contributed by atoms with Crippen molar-refractivity contribution >= 4 is 31.9 Å². The van der Waals surface area contributed by atoms with Crippen LogP contribution < -0.4 is 0 Å². The maximum Gasteiger partial charge on any atom is 0.416 e. The first-order valence-electron chi connectivity index (χ1n) is 5.70. The molecule has 1 atom stereocenters. The van der Waals surface area contributed by atoms with Crippen molar-refractivity contribution < 1.29 is 22.7 Å². The van der Waals surface area contributed by atoms with Crippen molar-refractivity contribution in [2.24, 2.45) is 0 Å². The summed E-state index contributed by atoms with van der Waals surface area (Å²) in [4.78, 5) is 0. The normalized spacial score (nSPS) is 13.3. The lowest BCUT2D eigenvalue weighted by Crippen LogP contribution is -2.08. The van der Waals surface area contributed by atoms with Crippen molar-refractivity contribution in [2.45, 2.75) is 12.3 Å². The van der Waals surface area contributed by atoms with Crippen LogP contribution in [0.5, 0.6) is 0 Å². The third-order valence-corrected chi connectivity index (χ3v) is 4.21. The van der Waals surface area contributed by atoms with Gasteiger partial charge in [-0.15, -0.1) is 0 Å². The molecule has 1 nitrogen and oxygen atoms in total. The number of hydrogen-bond donors (Lipinski definition) is 1. The van der Waals surface area contributed by atoms with Gasteiger partial charge in [-0.3, -0.25) is 0 Å². The van der Waals surface area contributed by atoms with Crippen LogP contribution in [0.15, 0.2) is 45.3 Å². The molecule has 21 heavy (non-hydrogen) atoms. The highest BCUT2D eigenvalue weighted by Gasteiger charge is 2.31. The van der Waals surface area contributed by atoms with Crippen LogP contribution in [0.25, 0.3) is 0 Å². The van der Waals surface area contributed by atoms with Gasteiger partial charge < -0.3 is 5.11 Å². The third-order valence-electron chi connectivity index (χ3n) is 2.88. The van der Waals surface area contributed by atoms with Gasteiger partial charge in [0.2, 0.25) is 0 Å². The molecular weight excluding hydrogens is 420 g/mol. The molecule has 0 heterocycles. The number of halogens is 6. The van der Waals surface area contributed by atoms with Crippen molar-refractivity contribution in [3.63, 3.8) is 0 Å². The van der Waals surface area contributed by atoms with Gasteiger partial charge in [-0.1, -0.05) is 22.0 Å². The van der Waals surface area contributed by atoms with Crippen LogP contribution in [0, 0.1) is 5.82 Å². The lowest BCUT2D eigenvalue weighted by atomic mass is 9.99. The molecule has 0 fully saturated rings. The minimum Gasteiger partial charge on any atom is -0.384 e. The van der Waals surface area contributed by atoms with Crippen molar-refractivity contribution in [1.29, 1.82) is 0 Å². The molecule has 112 valence electrons. The van der Waals surface area contributed by atoms with E-state index < -0.39 is 23.7 Å². The Morgan fingerprint density at radius 1 is 0.952 bits per heavy atom. The molecule has 0 aliphatic heterocycles. The van der Waals surface area contributed by atoms with Crippen LogP contribution in [0.3, 0.4) is 0 Å². The predicted molar refractivity (Wildman–Crippen MR) is 77.3 cm³/mol. The minimum atomic E-state index is -4.50. The fourth-order valence-electron chi connectivity index (χ4n) is 1.79. The van der Waals surface area contributed by atoms with E-state index in [0.717, 1.165) is 18.2 Å². The summed E-state index contributed by atoms with van der Waals surface area (Å²) >= 11 is 6.09. The highest BCUT2D eigenvalue weighted by atomic mass is 79.9. The van der Waals surface area contributed by atoms with Crippen LogP contribution >= 0.6 is 31.9 Å². The third kappa shape index (κ3) is 3.64. The van der Waals surface area contributed by atoms with Gasteiger partial charge in [-0.05, 0) is 57.4 Å². The fourth-order valence-corrected chi connectivity index (χ4v) is 2.65. The Balaban J connectivity index is 2.47. The Bertz CT molecular complexity index is 671. The molecule has 0 aliphatic carbocycles. The van der Waals surface area contributed by atoms with E-state index in [4.69, 9.17) is 0 Å². The predicted octanol–water partition coefficient (Wildman–Crippen LogP) is 5.45. The summed E-state index contributed by atoms with van der Waals surface area (Å²) in [5, 5.41) is 10.2. The highest BCUT2D eigenvalue weighted by molar-refractivity contribution is 9.10. The van der Waals surface area contributed by atoms with Crippen molar-refractivity contribution in [3.05, 3.63) is 67.9 Å². The topological polar surface area (TPSA) is 20.2 Å². The van der Waals surface area contributed by atoms with Gasteiger partial charge >= 0.3 is 6.18 Å². The summed E-state index contributed by atoms with van der Waals surface area (Å²) in [7, 11) is 0. The number of benzene rings is 2. The molecule has 0 bridgehead atoms. The number of rotatable bonds is 2. The molecule has 0 saturated carbocycles. The summed E-state index contributed by atoms with van der Waals surface area (Å²) in [5.41, 5.74) is -0.521. The first kappa shape index (κ1) is 16.5. The Kier molecular flexibility index (Phi) is 4.75. The summed E-state index contributed by atoms with van der Waals surface area (Å²) in [6, 6.07) is 6.78. The summed E-state index contributed by atoms with van der Waals surface area (Å²) < 4.78 is 51.8. The molecule has 0 aliphatic rings. The van der Waals surface area contributed by atoms with Crippen molar-refractivity contribution in [1.82, 2.24) is 0 Å². The van der Waals surface area contributed by atoms with E-state index in [1.165, 1.54) is 18.2 Å². The van der Waals surface area contributed by atoms with Gasteiger partial charge in [0.25, 0.3) is 0 Å². The van der Waals surface area contributed by atoms with Gasteiger partial charge in [-0.2, -0.15) is 13.2 Å².